The van der Waals surface area contributed by atoms with Gasteiger partial charge in [0, 0.05) is 32.1 Å². The summed E-state index contributed by atoms with van der Waals surface area (Å²) in [5, 5.41) is 12.8. The average molecular weight is 452 g/mol. The van der Waals surface area contributed by atoms with E-state index in [1.54, 1.807) is 23.0 Å². The Kier molecular flexibility index (Phi) is 4.89. The number of nitriles is 1. The van der Waals surface area contributed by atoms with Crippen molar-refractivity contribution in [1.82, 2.24) is 9.78 Å². The first kappa shape index (κ1) is 15.0. The van der Waals surface area contributed by atoms with Crippen LogP contribution in [0.5, 0.6) is 11.5 Å². The maximum Gasteiger partial charge on any atom is 0.162 e. The first-order valence-electron chi connectivity index (χ1n) is 6.06. The third-order valence-electron chi connectivity index (χ3n) is 2.70. The predicted molar refractivity (Wildman–Crippen MR) is 73.6 cm³/mol. The van der Waals surface area contributed by atoms with Crippen LogP contribution in [0.2, 0.25) is 0 Å². The van der Waals surface area contributed by atoms with Gasteiger partial charge in [-0.2, -0.15) is 16.4 Å². The molecule has 0 aliphatic heterocycles. The summed E-state index contributed by atoms with van der Waals surface area (Å²) in [5.74, 6) is 1.48. The summed E-state index contributed by atoms with van der Waals surface area (Å²) in [6.07, 6.45) is 1.72. The zero-order chi connectivity index (χ0) is 13.8. The monoisotopic (exact) mass is 453 g/mol. The molecule has 1 heterocycles. The van der Waals surface area contributed by atoms with Crippen LogP contribution in [0.3, 0.4) is 0 Å². The Hall–Kier alpha value is -2.41. The number of ether oxygens (including phenoxy) is 1. The Balaban J connectivity index is 0.00000161. The van der Waals surface area contributed by atoms with Gasteiger partial charge in [0.2, 0.25) is 0 Å². The van der Waals surface area contributed by atoms with Crippen LogP contribution in [0.15, 0.2) is 60.8 Å². The summed E-state index contributed by atoms with van der Waals surface area (Å²) < 4.78 is 7.28. The summed E-state index contributed by atoms with van der Waals surface area (Å²) in [6, 6.07) is 21.7. The summed E-state index contributed by atoms with van der Waals surface area (Å²) in [6.45, 7) is 0. The fourth-order valence-electron chi connectivity index (χ4n) is 1.75. The van der Waals surface area contributed by atoms with Gasteiger partial charge in [-0.3, -0.25) is 4.68 Å². The van der Waals surface area contributed by atoms with Crippen LogP contribution in [0.25, 0.3) is 5.69 Å². The second-order valence-electron chi connectivity index (χ2n) is 4.08. The Bertz CT molecular complexity index is 745. The Morgan fingerprint density at radius 2 is 1.86 bits per heavy atom. The smallest absolute Gasteiger partial charge is 0.162 e. The van der Waals surface area contributed by atoms with Crippen LogP contribution in [0.1, 0.15) is 5.69 Å². The fourth-order valence-corrected chi connectivity index (χ4v) is 1.75. The molecular weight excluding hydrogens is 442 g/mol. The van der Waals surface area contributed by atoms with Gasteiger partial charge in [-0.25, -0.2) is 0 Å². The quantitative estimate of drug-likeness (QED) is 0.573. The molecule has 1 radical (unpaired) electrons. The molecule has 0 atom stereocenters. The van der Waals surface area contributed by atoms with Gasteiger partial charge in [-0.05, 0) is 23.9 Å². The minimum atomic E-state index is 0. The molecule has 2 aromatic carbocycles. The molecule has 0 aliphatic rings. The third-order valence-corrected chi connectivity index (χ3v) is 2.70. The van der Waals surface area contributed by atoms with E-state index in [1.807, 2.05) is 48.5 Å². The van der Waals surface area contributed by atoms with E-state index in [2.05, 4.69) is 11.2 Å². The van der Waals surface area contributed by atoms with Crippen molar-refractivity contribution in [2.24, 2.45) is 0 Å². The molecule has 0 N–H and O–H groups in total. The van der Waals surface area contributed by atoms with E-state index >= 15 is 0 Å². The van der Waals surface area contributed by atoms with E-state index in [0.29, 0.717) is 11.4 Å². The number of rotatable bonds is 3. The van der Waals surface area contributed by atoms with Crippen LogP contribution in [-0.2, 0) is 20.1 Å². The molecule has 0 bridgehead atoms. The zero-order valence-corrected chi connectivity index (χ0v) is 13.3. The van der Waals surface area contributed by atoms with Gasteiger partial charge in [0.25, 0.3) is 0 Å². The van der Waals surface area contributed by atoms with Crippen molar-refractivity contribution < 1.29 is 24.8 Å². The first-order valence-corrected chi connectivity index (χ1v) is 6.06. The molecule has 21 heavy (non-hydrogen) atoms. The average Bonchev–Trinajstić information content (AvgIpc) is 2.98. The fraction of sp³-hybridized carbons (Fsp3) is 0. The molecule has 1 aromatic heterocycles. The van der Waals surface area contributed by atoms with Gasteiger partial charge in [0.1, 0.15) is 11.8 Å². The normalized spacial score (nSPS) is 9.48. The van der Waals surface area contributed by atoms with Crippen LogP contribution in [0.4, 0.5) is 0 Å². The summed E-state index contributed by atoms with van der Waals surface area (Å²) >= 11 is 0. The Morgan fingerprint density at radius 3 is 2.48 bits per heavy atom. The van der Waals surface area contributed by atoms with Gasteiger partial charge in [0.05, 0.1) is 0 Å². The standard InChI is InChI=1S/C16H10N3O.Ir/c17-12-13-10-11-19(18-13)14-6-8-16(9-7-14)20-15-4-2-1-3-5-15;/h1-6,8-11H;/q-1;. The molecule has 5 heteroatoms. The van der Waals surface area contributed by atoms with Crippen molar-refractivity contribution in [2.75, 3.05) is 0 Å². The predicted octanol–water partition coefficient (Wildman–Crippen LogP) is 3.33. The largest absolute Gasteiger partial charge is 0.517 e. The molecule has 0 unspecified atom stereocenters. The van der Waals surface area contributed by atoms with E-state index in [0.717, 1.165) is 11.4 Å². The SMILES string of the molecule is N#Cc1ccn(-c2[c-]cc(Oc3ccccc3)cc2)n1.[Ir]. The Morgan fingerprint density at radius 1 is 1.05 bits per heavy atom. The first-order chi connectivity index (χ1) is 9.85. The molecule has 3 aromatic rings. The number of aromatic nitrogens is 2. The van der Waals surface area contributed by atoms with Gasteiger partial charge in [-0.1, -0.05) is 18.2 Å². The number of nitrogens with zero attached hydrogens (tertiary/aromatic N) is 3. The Labute approximate surface area is 136 Å². The number of benzene rings is 2. The van der Waals surface area contributed by atoms with Gasteiger partial charge >= 0.3 is 0 Å². The molecule has 0 saturated heterocycles. The van der Waals surface area contributed by atoms with E-state index in [4.69, 9.17) is 10.00 Å². The summed E-state index contributed by atoms with van der Waals surface area (Å²) in [7, 11) is 0. The zero-order valence-electron chi connectivity index (χ0n) is 10.9. The van der Waals surface area contributed by atoms with Crippen molar-refractivity contribution in [3.8, 4) is 23.3 Å². The van der Waals surface area contributed by atoms with Crippen molar-refractivity contribution in [2.45, 2.75) is 0 Å². The maximum absolute atomic E-state index is 8.75. The summed E-state index contributed by atoms with van der Waals surface area (Å²) in [4.78, 5) is 0. The second kappa shape index (κ2) is 6.85. The molecule has 0 aliphatic carbocycles. The molecule has 4 nitrogen and oxygen atoms in total. The maximum atomic E-state index is 8.75. The van der Waals surface area contributed by atoms with E-state index in [-0.39, 0.29) is 20.1 Å². The van der Waals surface area contributed by atoms with Crippen molar-refractivity contribution >= 4 is 0 Å². The van der Waals surface area contributed by atoms with Crippen LogP contribution in [-0.4, -0.2) is 9.78 Å². The van der Waals surface area contributed by atoms with Crippen LogP contribution in [0, 0.1) is 17.4 Å². The minimum Gasteiger partial charge on any atom is -0.517 e. The molecule has 0 fully saturated rings. The van der Waals surface area contributed by atoms with Crippen LogP contribution >= 0.6 is 0 Å². The molecule has 105 valence electrons. The van der Waals surface area contributed by atoms with Crippen LogP contribution < -0.4 is 4.74 Å². The molecule has 0 amide bonds. The molecule has 0 saturated carbocycles. The molecule has 3 rings (SSSR count). The van der Waals surface area contributed by atoms with E-state index in [1.165, 1.54) is 0 Å². The number of para-hydroxylation sites is 1. The van der Waals surface area contributed by atoms with Crippen molar-refractivity contribution in [3.63, 3.8) is 0 Å². The van der Waals surface area contributed by atoms with Gasteiger partial charge in [-0.15, -0.1) is 18.2 Å². The van der Waals surface area contributed by atoms with E-state index in [9.17, 15) is 0 Å². The van der Waals surface area contributed by atoms with Crippen molar-refractivity contribution in [1.29, 1.82) is 5.26 Å². The van der Waals surface area contributed by atoms with Gasteiger partial charge in [0.15, 0.2) is 5.69 Å². The summed E-state index contributed by atoms with van der Waals surface area (Å²) in [5.41, 5.74) is 1.13. The van der Waals surface area contributed by atoms with E-state index < -0.39 is 0 Å². The van der Waals surface area contributed by atoms with Gasteiger partial charge < -0.3 is 4.74 Å². The minimum absolute atomic E-state index is 0. The molecular formula is C16H10IrN3O-. The number of hydrogen-bond donors (Lipinski definition) is 0. The number of hydrogen-bond acceptors (Lipinski definition) is 3. The third kappa shape index (κ3) is 3.57. The topological polar surface area (TPSA) is 50.8 Å². The van der Waals surface area contributed by atoms with Crippen molar-refractivity contribution in [3.05, 3.63) is 72.6 Å². The molecule has 0 spiro atoms. The second-order valence-corrected chi connectivity index (χ2v) is 4.08.